The maximum absolute atomic E-state index is 10.2. The molecule has 0 heterocycles. The van der Waals surface area contributed by atoms with Crippen LogP contribution in [-0.2, 0) is 4.79 Å². The van der Waals surface area contributed by atoms with E-state index in [-0.39, 0.29) is 12.1 Å². The molecule has 0 aromatic rings. The van der Waals surface area contributed by atoms with Gasteiger partial charge in [0.25, 0.3) is 0 Å². The van der Waals surface area contributed by atoms with Crippen LogP contribution in [0.25, 0.3) is 0 Å². The summed E-state index contributed by atoms with van der Waals surface area (Å²) in [6, 6.07) is 0. The summed E-state index contributed by atoms with van der Waals surface area (Å²) in [6.45, 7) is 7.36. The van der Waals surface area contributed by atoms with Crippen molar-refractivity contribution in [2.24, 2.45) is 0 Å². The molecule has 0 bridgehead atoms. The number of carbonyl (C=O) groups is 1. The van der Waals surface area contributed by atoms with E-state index in [4.69, 9.17) is 16.7 Å². The Bertz CT molecular complexity index is 189. The van der Waals surface area contributed by atoms with E-state index < -0.39 is 5.97 Å². The van der Waals surface area contributed by atoms with E-state index in [1.807, 2.05) is 0 Å². The zero-order valence-corrected chi connectivity index (χ0v) is 6.82. The van der Waals surface area contributed by atoms with Gasteiger partial charge in [-0.1, -0.05) is 24.8 Å². The third-order valence-electron chi connectivity index (χ3n) is 0.958. The van der Waals surface area contributed by atoms with Gasteiger partial charge in [0.15, 0.2) is 0 Å². The first-order chi connectivity index (χ1) is 5.04. The van der Waals surface area contributed by atoms with Crippen molar-refractivity contribution >= 4 is 17.6 Å². The van der Waals surface area contributed by atoms with Crippen LogP contribution in [0.2, 0.25) is 0 Å². The highest BCUT2D eigenvalue weighted by molar-refractivity contribution is 6.29. The fourth-order valence-corrected chi connectivity index (χ4v) is 0.519. The summed E-state index contributed by atoms with van der Waals surface area (Å²) in [4.78, 5) is 10.2. The standard InChI is InChI=1S/C7H10ClNO2/c1-5(7(10)11)3-9-4-6(2)8/h9H,1-4H2,(H,10,11). The Morgan fingerprint density at radius 3 is 2.36 bits per heavy atom. The lowest BCUT2D eigenvalue weighted by molar-refractivity contribution is -0.132. The number of carboxylic acids is 1. The van der Waals surface area contributed by atoms with Crippen molar-refractivity contribution in [3.8, 4) is 0 Å². The van der Waals surface area contributed by atoms with Crippen molar-refractivity contribution in [1.29, 1.82) is 0 Å². The van der Waals surface area contributed by atoms with Crippen molar-refractivity contribution in [3.63, 3.8) is 0 Å². The van der Waals surface area contributed by atoms with Crippen LogP contribution in [0, 0.1) is 0 Å². The van der Waals surface area contributed by atoms with Crippen molar-refractivity contribution in [3.05, 3.63) is 23.8 Å². The fourth-order valence-electron chi connectivity index (χ4n) is 0.425. The van der Waals surface area contributed by atoms with E-state index in [1.165, 1.54) is 0 Å². The Labute approximate surface area is 70.4 Å². The predicted octanol–water partition coefficient (Wildman–Crippen LogP) is 0.969. The summed E-state index contributed by atoms with van der Waals surface area (Å²) in [5, 5.41) is 11.6. The molecule has 62 valence electrons. The number of hydrogen-bond acceptors (Lipinski definition) is 2. The molecule has 0 spiro atoms. The molecule has 0 atom stereocenters. The lowest BCUT2D eigenvalue weighted by Gasteiger charge is -2.01. The Morgan fingerprint density at radius 2 is 2.00 bits per heavy atom. The van der Waals surface area contributed by atoms with E-state index in [2.05, 4.69) is 18.5 Å². The number of aliphatic carboxylic acids is 1. The Kier molecular flexibility index (Phi) is 4.57. The van der Waals surface area contributed by atoms with Gasteiger partial charge < -0.3 is 10.4 Å². The largest absolute Gasteiger partial charge is 0.478 e. The van der Waals surface area contributed by atoms with Gasteiger partial charge in [-0.15, -0.1) is 0 Å². The summed E-state index contributed by atoms with van der Waals surface area (Å²) in [5.74, 6) is -1.00. The minimum absolute atomic E-state index is 0.114. The molecule has 0 rings (SSSR count). The third-order valence-corrected chi connectivity index (χ3v) is 1.09. The highest BCUT2D eigenvalue weighted by Crippen LogP contribution is 1.93. The van der Waals surface area contributed by atoms with Gasteiger partial charge in [-0.25, -0.2) is 4.79 Å². The van der Waals surface area contributed by atoms with E-state index in [0.717, 1.165) is 0 Å². The zero-order valence-electron chi connectivity index (χ0n) is 6.06. The van der Waals surface area contributed by atoms with Gasteiger partial charge in [0.1, 0.15) is 0 Å². The molecular weight excluding hydrogens is 166 g/mol. The first-order valence-corrected chi connectivity index (χ1v) is 3.37. The van der Waals surface area contributed by atoms with Crippen molar-refractivity contribution in [1.82, 2.24) is 5.32 Å². The first-order valence-electron chi connectivity index (χ1n) is 2.99. The van der Waals surface area contributed by atoms with Crippen LogP contribution in [0.5, 0.6) is 0 Å². The lowest BCUT2D eigenvalue weighted by Crippen LogP contribution is -2.21. The predicted molar refractivity (Wildman–Crippen MR) is 44.6 cm³/mol. The summed E-state index contributed by atoms with van der Waals surface area (Å²) >= 11 is 5.41. The summed E-state index contributed by atoms with van der Waals surface area (Å²) < 4.78 is 0. The molecule has 0 saturated carbocycles. The smallest absolute Gasteiger partial charge is 0.332 e. The van der Waals surface area contributed by atoms with Gasteiger partial charge in [0.05, 0.1) is 0 Å². The van der Waals surface area contributed by atoms with Crippen LogP contribution in [0.15, 0.2) is 23.8 Å². The van der Waals surface area contributed by atoms with Gasteiger partial charge in [-0.2, -0.15) is 0 Å². The fraction of sp³-hybridized carbons (Fsp3) is 0.286. The molecule has 0 aliphatic carbocycles. The molecular formula is C7H10ClNO2. The Balaban J connectivity index is 3.47. The molecule has 4 heteroatoms. The monoisotopic (exact) mass is 175 g/mol. The normalized spacial score (nSPS) is 9.18. The molecule has 11 heavy (non-hydrogen) atoms. The second-order valence-electron chi connectivity index (χ2n) is 2.03. The number of rotatable bonds is 5. The number of nitrogens with one attached hydrogen (secondary N) is 1. The molecule has 2 N–H and O–H groups in total. The average Bonchev–Trinajstić information content (AvgIpc) is 1.86. The average molecular weight is 176 g/mol. The zero-order chi connectivity index (χ0) is 8.85. The molecule has 0 fully saturated rings. The van der Waals surface area contributed by atoms with Gasteiger partial charge in [-0.3, -0.25) is 0 Å². The van der Waals surface area contributed by atoms with Gasteiger partial charge in [-0.05, 0) is 0 Å². The van der Waals surface area contributed by atoms with Crippen LogP contribution < -0.4 is 5.32 Å². The summed E-state index contributed by atoms with van der Waals surface area (Å²) in [5.41, 5.74) is 0.114. The van der Waals surface area contributed by atoms with Crippen LogP contribution in [-0.4, -0.2) is 24.2 Å². The molecule has 0 unspecified atom stereocenters. The summed E-state index contributed by atoms with van der Waals surface area (Å²) in [7, 11) is 0. The highest BCUT2D eigenvalue weighted by atomic mass is 35.5. The number of hydrogen-bond donors (Lipinski definition) is 2. The minimum atomic E-state index is -1.00. The second kappa shape index (κ2) is 4.93. The first kappa shape index (κ1) is 10.2. The summed E-state index contributed by atoms with van der Waals surface area (Å²) in [6.07, 6.45) is 0. The maximum atomic E-state index is 10.2. The molecule has 0 amide bonds. The topological polar surface area (TPSA) is 49.3 Å². The molecule has 0 radical (unpaired) electrons. The molecule has 0 saturated heterocycles. The molecule has 0 aliphatic heterocycles. The van der Waals surface area contributed by atoms with Crippen molar-refractivity contribution in [2.75, 3.05) is 13.1 Å². The van der Waals surface area contributed by atoms with E-state index in [1.54, 1.807) is 0 Å². The Morgan fingerprint density at radius 1 is 1.45 bits per heavy atom. The van der Waals surface area contributed by atoms with Crippen LogP contribution >= 0.6 is 11.6 Å². The lowest BCUT2D eigenvalue weighted by atomic mass is 10.3. The SMILES string of the molecule is C=C(Cl)CNCC(=C)C(=O)O. The Hall–Kier alpha value is -0.800. The number of carboxylic acid groups (broad SMARTS) is 1. The van der Waals surface area contributed by atoms with Gasteiger partial charge >= 0.3 is 5.97 Å². The minimum Gasteiger partial charge on any atom is -0.478 e. The van der Waals surface area contributed by atoms with E-state index >= 15 is 0 Å². The molecule has 0 aromatic carbocycles. The van der Waals surface area contributed by atoms with Gasteiger partial charge in [0.2, 0.25) is 0 Å². The molecule has 0 aliphatic rings. The maximum Gasteiger partial charge on any atom is 0.332 e. The molecule has 3 nitrogen and oxygen atoms in total. The second-order valence-corrected chi connectivity index (χ2v) is 2.56. The molecule has 0 aromatic heterocycles. The third kappa shape index (κ3) is 5.63. The quantitative estimate of drug-likeness (QED) is 0.613. The number of halogens is 1. The van der Waals surface area contributed by atoms with E-state index in [9.17, 15) is 4.79 Å². The van der Waals surface area contributed by atoms with Gasteiger partial charge in [0, 0.05) is 23.7 Å². The van der Waals surface area contributed by atoms with Crippen LogP contribution in [0.4, 0.5) is 0 Å². The highest BCUT2D eigenvalue weighted by Gasteiger charge is 2.01. The van der Waals surface area contributed by atoms with Crippen LogP contribution in [0.1, 0.15) is 0 Å². The van der Waals surface area contributed by atoms with Crippen molar-refractivity contribution in [2.45, 2.75) is 0 Å². The van der Waals surface area contributed by atoms with E-state index in [0.29, 0.717) is 11.6 Å². The van der Waals surface area contributed by atoms with Crippen LogP contribution in [0.3, 0.4) is 0 Å². The van der Waals surface area contributed by atoms with Crippen molar-refractivity contribution < 1.29 is 9.90 Å².